The van der Waals surface area contributed by atoms with Crippen LogP contribution in [0.5, 0.6) is 0 Å². The molecule has 0 radical (unpaired) electrons. The van der Waals surface area contributed by atoms with E-state index < -0.39 is 5.60 Å². The summed E-state index contributed by atoms with van der Waals surface area (Å²) in [5.41, 5.74) is 0.682. The molecule has 5 heteroatoms. The van der Waals surface area contributed by atoms with E-state index in [0.29, 0.717) is 46.1 Å². The van der Waals surface area contributed by atoms with Gasteiger partial charge in [0.2, 0.25) is 0 Å². The third-order valence-electron chi connectivity index (χ3n) is 5.29. The highest BCUT2D eigenvalue weighted by Crippen LogP contribution is 2.37. The quantitative estimate of drug-likeness (QED) is 0.693. The van der Waals surface area contributed by atoms with Crippen LogP contribution in [0.2, 0.25) is 0 Å². The smallest absolute Gasteiger partial charge is 0.0701 e. The van der Waals surface area contributed by atoms with Crippen molar-refractivity contribution in [1.29, 1.82) is 0 Å². The van der Waals surface area contributed by atoms with E-state index in [9.17, 15) is 5.11 Å². The molecule has 3 rings (SSSR count). The average molecular weight is 349 g/mol. The van der Waals surface area contributed by atoms with Crippen molar-refractivity contribution in [2.75, 3.05) is 39.6 Å². The summed E-state index contributed by atoms with van der Waals surface area (Å²) in [7, 11) is 0. The molecule has 0 aromatic heterocycles. The van der Waals surface area contributed by atoms with Crippen molar-refractivity contribution in [1.82, 2.24) is 4.90 Å². The third kappa shape index (κ3) is 5.25. The Morgan fingerprint density at radius 3 is 2.44 bits per heavy atom. The highest BCUT2D eigenvalue weighted by Gasteiger charge is 2.45. The molecule has 5 nitrogen and oxygen atoms in total. The second kappa shape index (κ2) is 9.10. The third-order valence-corrected chi connectivity index (χ3v) is 5.29. The first-order valence-corrected chi connectivity index (χ1v) is 9.45. The first-order valence-electron chi connectivity index (χ1n) is 9.45. The van der Waals surface area contributed by atoms with Crippen molar-refractivity contribution in [2.24, 2.45) is 0 Å². The molecule has 1 aromatic carbocycles. The highest BCUT2D eigenvalue weighted by molar-refractivity contribution is 5.15. The molecule has 2 saturated heterocycles. The number of morpholine rings is 1. The fraction of sp³-hybridized carbons (Fsp3) is 0.700. The monoisotopic (exact) mass is 349 g/mol. The summed E-state index contributed by atoms with van der Waals surface area (Å²) in [6.07, 6.45) is 2.20. The van der Waals surface area contributed by atoms with Crippen LogP contribution in [-0.2, 0) is 20.8 Å². The van der Waals surface area contributed by atoms with Gasteiger partial charge in [-0.25, -0.2) is 0 Å². The molecular formula is C20H31NO4. The van der Waals surface area contributed by atoms with Crippen molar-refractivity contribution in [3.8, 4) is 0 Å². The summed E-state index contributed by atoms with van der Waals surface area (Å²) in [5.74, 6) is 0. The largest absolute Gasteiger partial charge is 0.390 e. The second-order valence-corrected chi connectivity index (χ2v) is 7.19. The van der Waals surface area contributed by atoms with Crippen molar-refractivity contribution in [3.63, 3.8) is 0 Å². The Morgan fingerprint density at radius 2 is 1.76 bits per heavy atom. The molecule has 2 atom stereocenters. The van der Waals surface area contributed by atoms with Crippen LogP contribution in [0.1, 0.15) is 31.7 Å². The molecule has 2 heterocycles. The summed E-state index contributed by atoms with van der Waals surface area (Å²) >= 11 is 0. The molecule has 2 aliphatic heterocycles. The minimum Gasteiger partial charge on any atom is -0.390 e. The van der Waals surface area contributed by atoms with Crippen LogP contribution in [-0.4, -0.2) is 67.3 Å². The summed E-state index contributed by atoms with van der Waals surface area (Å²) < 4.78 is 16.7. The van der Waals surface area contributed by atoms with Crippen LogP contribution < -0.4 is 0 Å². The Bertz CT molecular complexity index is 496. The van der Waals surface area contributed by atoms with Crippen molar-refractivity contribution in [2.45, 2.75) is 50.4 Å². The van der Waals surface area contributed by atoms with Crippen LogP contribution in [0.25, 0.3) is 0 Å². The standard InChI is InChI=1S/C20H31NO4/c1-2-23-10-11-24-9-8-20(22)12-18-15-25-16-19(13-20)21(18)14-17-6-4-3-5-7-17/h3-7,18-19,22H,2,8-16H2,1H3. The SMILES string of the molecule is CCOCCOCCC1(O)CC2COCC(C1)N2Cc1ccccc1. The molecule has 0 amide bonds. The van der Waals surface area contributed by atoms with Crippen LogP contribution in [0.3, 0.4) is 0 Å². The summed E-state index contributed by atoms with van der Waals surface area (Å²) in [5, 5.41) is 11.1. The van der Waals surface area contributed by atoms with Gasteiger partial charge in [0, 0.05) is 31.8 Å². The van der Waals surface area contributed by atoms with Crippen molar-refractivity contribution < 1.29 is 19.3 Å². The van der Waals surface area contributed by atoms with Crippen LogP contribution in [0.15, 0.2) is 30.3 Å². The number of fused-ring (bicyclic) bond motifs is 2. The molecule has 140 valence electrons. The molecule has 1 N–H and O–H groups in total. The topological polar surface area (TPSA) is 51.2 Å². The predicted octanol–water partition coefficient (Wildman–Crippen LogP) is 2.22. The Hall–Kier alpha value is -0.980. The summed E-state index contributed by atoms with van der Waals surface area (Å²) in [4.78, 5) is 2.52. The maximum Gasteiger partial charge on any atom is 0.0701 e. The number of piperidine rings is 1. The number of nitrogens with zero attached hydrogens (tertiary/aromatic N) is 1. The van der Waals surface area contributed by atoms with Crippen molar-refractivity contribution in [3.05, 3.63) is 35.9 Å². The summed E-state index contributed by atoms with van der Waals surface area (Å²) in [6, 6.07) is 11.1. The molecule has 1 aromatic rings. The van der Waals surface area contributed by atoms with Gasteiger partial charge >= 0.3 is 0 Å². The van der Waals surface area contributed by atoms with E-state index in [0.717, 1.165) is 19.4 Å². The van der Waals surface area contributed by atoms with Crippen molar-refractivity contribution >= 4 is 0 Å². The Morgan fingerprint density at radius 1 is 1.08 bits per heavy atom. The lowest BCUT2D eigenvalue weighted by atomic mass is 9.79. The predicted molar refractivity (Wildman–Crippen MR) is 96.5 cm³/mol. The van der Waals surface area contributed by atoms with Gasteiger partial charge in [0.05, 0.1) is 32.0 Å². The van der Waals surface area contributed by atoms with E-state index in [1.54, 1.807) is 0 Å². The van der Waals surface area contributed by atoms with E-state index >= 15 is 0 Å². The van der Waals surface area contributed by atoms with E-state index in [-0.39, 0.29) is 12.1 Å². The lowest BCUT2D eigenvalue weighted by molar-refractivity contribution is -0.152. The number of rotatable bonds is 9. The van der Waals surface area contributed by atoms with Gasteiger partial charge < -0.3 is 19.3 Å². The Labute approximate surface area is 150 Å². The van der Waals surface area contributed by atoms with Gasteiger partial charge in [-0.15, -0.1) is 0 Å². The molecule has 2 bridgehead atoms. The molecule has 25 heavy (non-hydrogen) atoms. The fourth-order valence-corrected chi connectivity index (χ4v) is 4.03. The Kier molecular flexibility index (Phi) is 6.84. The zero-order valence-electron chi connectivity index (χ0n) is 15.2. The minimum absolute atomic E-state index is 0.279. The zero-order valence-corrected chi connectivity index (χ0v) is 15.2. The maximum atomic E-state index is 11.1. The van der Waals surface area contributed by atoms with Gasteiger partial charge in [-0.1, -0.05) is 30.3 Å². The highest BCUT2D eigenvalue weighted by atomic mass is 16.5. The van der Waals surface area contributed by atoms with E-state index in [1.807, 2.05) is 13.0 Å². The van der Waals surface area contributed by atoms with Gasteiger partial charge in [-0.05, 0) is 31.7 Å². The molecule has 2 aliphatic rings. The first kappa shape index (κ1) is 18.8. The molecule has 2 fully saturated rings. The number of aliphatic hydroxyl groups is 1. The maximum absolute atomic E-state index is 11.1. The normalized spacial score (nSPS) is 29.7. The lowest BCUT2D eigenvalue weighted by Gasteiger charge is -2.51. The van der Waals surface area contributed by atoms with E-state index in [4.69, 9.17) is 14.2 Å². The zero-order chi connectivity index (χ0) is 17.5. The molecule has 0 saturated carbocycles. The molecule has 0 aliphatic carbocycles. The lowest BCUT2D eigenvalue weighted by Crippen LogP contribution is -2.61. The van der Waals surface area contributed by atoms with Crippen LogP contribution in [0, 0.1) is 0 Å². The minimum atomic E-state index is -0.641. The Balaban J connectivity index is 1.51. The number of ether oxygens (including phenoxy) is 3. The van der Waals surface area contributed by atoms with Gasteiger partial charge in [0.25, 0.3) is 0 Å². The first-order chi connectivity index (χ1) is 12.2. The number of benzene rings is 1. The number of hydrogen-bond donors (Lipinski definition) is 1. The van der Waals surface area contributed by atoms with Crippen LogP contribution >= 0.6 is 0 Å². The van der Waals surface area contributed by atoms with E-state index in [1.165, 1.54) is 5.56 Å². The van der Waals surface area contributed by atoms with Gasteiger partial charge in [0.1, 0.15) is 0 Å². The average Bonchev–Trinajstić information content (AvgIpc) is 2.60. The van der Waals surface area contributed by atoms with Gasteiger partial charge in [0.15, 0.2) is 0 Å². The number of hydrogen-bond acceptors (Lipinski definition) is 5. The van der Waals surface area contributed by atoms with Gasteiger partial charge in [-0.3, -0.25) is 4.90 Å². The van der Waals surface area contributed by atoms with Gasteiger partial charge in [-0.2, -0.15) is 0 Å². The second-order valence-electron chi connectivity index (χ2n) is 7.19. The van der Waals surface area contributed by atoms with Crippen LogP contribution in [0.4, 0.5) is 0 Å². The summed E-state index contributed by atoms with van der Waals surface area (Å²) in [6.45, 7) is 6.84. The fourth-order valence-electron chi connectivity index (χ4n) is 4.03. The molecule has 0 spiro atoms. The molecular weight excluding hydrogens is 318 g/mol. The molecule has 2 unspecified atom stereocenters. The van der Waals surface area contributed by atoms with E-state index in [2.05, 4.69) is 29.2 Å².